The molecule has 62 heavy (non-hydrogen) atoms. The first-order chi connectivity index (χ1) is 30.4. The molecule has 0 amide bonds. The van der Waals surface area contributed by atoms with E-state index in [-0.39, 0.29) is 0 Å². The smallest absolute Gasteiger partial charge is 0.104 e. The molecule has 0 saturated heterocycles. The number of rotatable bonds is 5. The molecule has 0 aliphatic carbocycles. The van der Waals surface area contributed by atoms with Crippen molar-refractivity contribution in [3.8, 4) is 81.2 Å². The van der Waals surface area contributed by atoms with Crippen molar-refractivity contribution in [2.45, 2.75) is 0 Å². The SMILES string of the molecule is N#Cc1cccc(-c2cc(-n3c4ccccc4c4cc(-c5cc(C#N)cc(C#N)c5)ccc43)c(C#N)c(-n3c4ccccc4c4cc(-c5cc(C#N)cc(C#N)c5)ccc43)c2)c1. The number of benzene rings is 8. The maximum atomic E-state index is 11.4. The summed E-state index contributed by atoms with van der Waals surface area (Å²) >= 11 is 0. The van der Waals surface area contributed by atoms with Gasteiger partial charge in [0.15, 0.2) is 0 Å². The zero-order valence-electron chi connectivity index (χ0n) is 32.6. The van der Waals surface area contributed by atoms with E-state index < -0.39 is 0 Å². The summed E-state index contributed by atoms with van der Waals surface area (Å²) in [6.45, 7) is 0. The highest BCUT2D eigenvalue weighted by Gasteiger charge is 2.23. The summed E-state index contributed by atoms with van der Waals surface area (Å²) in [5, 5.41) is 64.0. The van der Waals surface area contributed by atoms with Crippen LogP contribution in [-0.2, 0) is 0 Å². The van der Waals surface area contributed by atoms with Gasteiger partial charge in [-0.3, -0.25) is 0 Å². The first-order valence-electron chi connectivity index (χ1n) is 19.5. The fourth-order valence-corrected chi connectivity index (χ4v) is 8.68. The summed E-state index contributed by atoms with van der Waals surface area (Å²) in [5.41, 5.74) is 12.0. The molecule has 0 bridgehead atoms. The number of fused-ring (bicyclic) bond motifs is 6. The minimum absolute atomic E-state index is 0.396. The van der Waals surface area contributed by atoms with Crippen LogP contribution in [0.3, 0.4) is 0 Å². The summed E-state index contributed by atoms with van der Waals surface area (Å²) < 4.78 is 4.23. The molecule has 0 N–H and O–H groups in total. The van der Waals surface area contributed by atoms with Crippen LogP contribution in [0.5, 0.6) is 0 Å². The Balaban J connectivity index is 1.28. The van der Waals surface area contributed by atoms with Crippen LogP contribution in [0, 0.1) is 68.0 Å². The molecular weight excluding hydrogens is 761 g/mol. The van der Waals surface area contributed by atoms with Crippen molar-refractivity contribution < 1.29 is 0 Å². The topological polar surface area (TPSA) is 153 Å². The minimum atomic E-state index is 0.396. The second kappa shape index (κ2) is 14.6. The predicted molar refractivity (Wildman–Crippen MR) is 240 cm³/mol. The molecule has 0 atom stereocenters. The first kappa shape index (κ1) is 36.6. The van der Waals surface area contributed by atoms with E-state index in [1.807, 2.05) is 103 Å². The number of para-hydroxylation sites is 2. The summed E-state index contributed by atoms with van der Waals surface area (Å²) in [4.78, 5) is 0. The van der Waals surface area contributed by atoms with E-state index in [1.165, 1.54) is 0 Å². The Hall–Kier alpha value is -9.70. The van der Waals surface area contributed by atoms with Gasteiger partial charge in [-0.2, -0.15) is 31.6 Å². The van der Waals surface area contributed by atoms with Gasteiger partial charge in [-0.1, -0.05) is 60.7 Å². The molecule has 8 aromatic carbocycles. The summed E-state index contributed by atoms with van der Waals surface area (Å²) in [6, 6.07) is 63.5. The largest absolute Gasteiger partial charge is 0.308 e. The van der Waals surface area contributed by atoms with Crippen molar-refractivity contribution >= 4 is 43.6 Å². The molecule has 0 radical (unpaired) electrons. The Morgan fingerprint density at radius 3 is 1.10 bits per heavy atom. The standard InChI is InChI=1S/C54H26N8/c55-27-33-6-5-7-38(18-33)43-25-53(61-49-10-3-1-8-44(49)46-23-39(12-14-51(46)61)41-19-34(28-56)16-35(20-41)29-57)48(32-60)54(26-43)62-50-11-4-2-9-45(50)47-24-40(13-15-52(47)62)42-21-36(30-58)17-37(22-42)31-59/h1-26H. The van der Waals surface area contributed by atoms with Crippen molar-refractivity contribution in [2.24, 2.45) is 0 Å². The zero-order valence-corrected chi connectivity index (χ0v) is 32.6. The van der Waals surface area contributed by atoms with Crippen LogP contribution in [0.2, 0.25) is 0 Å². The minimum Gasteiger partial charge on any atom is -0.308 e. The maximum Gasteiger partial charge on any atom is 0.104 e. The normalized spacial score (nSPS) is 10.8. The van der Waals surface area contributed by atoms with Crippen molar-refractivity contribution in [1.82, 2.24) is 9.13 Å². The van der Waals surface area contributed by atoms with Crippen molar-refractivity contribution in [3.63, 3.8) is 0 Å². The van der Waals surface area contributed by atoms with Crippen LogP contribution in [0.4, 0.5) is 0 Å². The van der Waals surface area contributed by atoms with Crippen LogP contribution in [-0.4, -0.2) is 9.13 Å². The zero-order chi connectivity index (χ0) is 42.5. The molecule has 0 spiro atoms. The Morgan fingerprint density at radius 1 is 0.274 bits per heavy atom. The van der Waals surface area contributed by atoms with Gasteiger partial charge in [0.05, 0.1) is 91.6 Å². The molecule has 10 rings (SSSR count). The van der Waals surface area contributed by atoms with Gasteiger partial charge >= 0.3 is 0 Å². The van der Waals surface area contributed by atoms with Gasteiger partial charge in [0.25, 0.3) is 0 Å². The van der Waals surface area contributed by atoms with Crippen LogP contribution in [0.15, 0.2) is 158 Å². The Morgan fingerprint density at radius 2 is 0.661 bits per heavy atom. The number of nitriles is 6. The quantitative estimate of drug-likeness (QED) is 0.169. The third-order valence-electron chi connectivity index (χ3n) is 11.4. The predicted octanol–water partition coefficient (Wildman–Crippen LogP) is 12.1. The van der Waals surface area contributed by atoms with Gasteiger partial charge in [0.2, 0.25) is 0 Å². The van der Waals surface area contributed by atoms with Gasteiger partial charge < -0.3 is 9.13 Å². The number of hydrogen-bond donors (Lipinski definition) is 0. The fraction of sp³-hybridized carbons (Fsp3) is 0. The maximum absolute atomic E-state index is 11.4. The van der Waals surface area contributed by atoms with E-state index in [0.29, 0.717) is 44.8 Å². The third kappa shape index (κ3) is 5.87. The van der Waals surface area contributed by atoms with Crippen LogP contribution < -0.4 is 0 Å². The summed E-state index contributed by atoms with van der Waals surface area (Å²) in [5.74, 6) is 0. The second-order valence-corrected chi connectivity index (χ2v) is 14.9. The molecule has 0 aliphatic heterocycles. The fourth-order valence-electron chi connectivity index (χ4n) is 8.68. The van der Waals surface area contributed by atoms with Crippen LogP contribution >= 0.6 is 0 Å². The second-order valence-electron chi connectivity index (χ2n) is 14.9. The van der Waals surface area contributed by atoms with Gasteiger partial charge in [-0.15, -0.1) is 0 Å². The van der Waals surface area contributed by atoms with E-state index in [1.54, 1.807) is 42.5 Å². The van der Waals surface area contributed by atoms with Crippen LogP contribution in [0.1, 0.15) is 33.4 Å². The highest BCUT2D eigenvalue weighted by molar-refractivity contribution is 6.12. The molecule has 0 unspecified atom stereocenters. The summed E-state index contributed by atoms with van der Waals surface area (Å²) in [6.07, 6.45) is 0. The van der Waals surface area contributed by atoms with Crippen molar-refractivity contribution in [3.05, 3.63) is 191 Å². The van der Waals surface area contributed by atoms with Gasteiger partial charge in [0.1, 0.15) is 11.6 Å². The van der Waals surface area contributed by atoms with Crippen LogP contribution in [0.25, 0.3) is 88.4 Å². The molecule has 2 aromatic heterocycles. The van der Waals surface area contributed by atoms with Gasteiger partial charge in [0, 0.05) is 21.5 Å². The number of nitrogens with zero attached hydrogens (tertiary/aromatic N) is 8. The van der Waals surface area contributed by atoms with Crippen molar-refractivity contribution in [2.75, 3.05) is 0 Å². The average molecular weight is 787 g/mol. The Bertz CT molecular complexity index is 3560. The highest BCUT2D eigenvalue weighted by Crippen LogP contribution is 2.42. The Kier molecular flexibility index (Phi) is 8.62. The van der Waals surface area contributed by atoms with Gasteiger partial charge in [-0.05, 0) is 130 Å². The highest BCUT2D eigenvalue weighted by atomic mass is 15.0. The molecule has 10 aromatic rings. The lowest BCUT2D eigenvalue weighted by atomic mass is 9.98. The van der Waals surface area contributed by atoms with E-state index in [4.69, 9.17) is 0 Å². The molecule has 0 aliphatic rings. The average Bonchev–Trinajstić information content (AvgIpc) is 3.85. The number of hydrogen-bond acceptors (Lipinski definition) is 6. The van der Waals surface area contributed by atoms with Gasteiger partial charge in [-0.25, -0.2) is 0 Å². The molecule has 0 saturated carbocycles. The van der Waals surface area contributed by atoms with E-state index >= 15 is 0 Å². The molecule has 0 fully saturated rings. The Labute approximate surface area is 355 Å². The first-order valence-corrected chi connectivity index (χ1v) is 19.5. The summed E-state index contributed by atoms with van der Waals surface area (Å²) in [7, 11) is 0. The van der Waals surface area contributed by atoms with E-state index in [9.17, 15) is 31.6 Å². The molecule has 8 nitrogen and oxygen atoms in total. The molecule has 2 heterocycles. The molecule has 8 heteroatoms. The van der Waals surface area contributed by atoms with E-state index in [0.717, 1.165) is 77.0 Å². The molecule has 282 valence electrons. The van der Waals surface area contributed by atoms with Crippen molar-refractivity contribution in [1.29, 1.82) is 31.6 Å². The lowest BCUT2D eigenvalue weighted by molar-refractivity contribution is 1.12. The third-order valence-corrected chi connectivity index (χ3v) is 11.4. The molecular formula is C54H26N8. The monoisotopic (exact) mass is 786 g/mol. The lowest BCUT2D eigenvalue weighted by Gasteiger charge is -2.18. The lowest BCUT2D eigenvalue weighted by Crippen LogP contribution is -2.05. The number of aromatic nitrogens is 2. The van der Waals surface area contributed by atoms with E-state index in [2.05, 4.69) is 57.7 Å².